The zero-order valence-corrected chi connectivity index (χ0v) is 19.9. The van der Waals surface area contributed by atoms with Gasteiger partial charge in [-0.15, -0.1) is 0 Å². The molecule has 1 aliphatic heterocycles. The molecule has 0 saturated carbocycles. The van der Waals surface area contributed by atoms with Gasteiger partial charge in [0.2, 0.25) is 0 Å². The van der Waals surface area contributed by atoms with Crippen LogP contribution >= 0.6 is 0 Å². The van der Waals surface area contributed by atoms with Gasteiger partial charge < -0.3 is 24.6 Å². The van der Waals surface area contributed by atoms with Gasteiger partial charge in [0.15, 0.2) is 0 Å². The van der Waals surface area contributed by atoms with E-state index in [1.165, 1.54) is 41.3 Å². The highest BCUT2D eigenvalue weighted by Crippen LogP contribution is 2.42. The quantitative estimate of drug-likeness (QED) is 0.263. The van der Waals surface area contributed by atoms with Crippen LogP contribution in [-0.4, -0.2) is 40.0 Å². The summed E-state index contributed by atoms with van der Waals surface area (Å²) in [6, 6.07) is 15.5. The summed E-state index contributed by atoms with van der Waals surface area (Å²) in [4.78, 5) is 27.8. The lowest BCUT2D eigenvalue weighted by molar-refractivity contribution is -0.140. The number of hydrogen-bond donors (Lipinski definition) is 2. The first kappa shape index (κ1) is 24.8. The lowest BCUT2D eigenvalue weighted by atomic mass is 9.94. The van der Waals surface area contributed by atoms with Crippen LogP contribution in [-0.2, 0) is 16.1 Å². The fraction of sp³-hybridized carbons (Fsp3) is 0.214. The summed E-state index contributed by atoms with van der Waals surface area (Å²) in [5, 5.41) is 21.5. The number of aliphatic hydroxyl groups is 1. The van der Waals surface area contributed by atoms with E-state index < -0.39 is 29.3 Å². The molecule has 0 radical (unpaired) electrons. The predicted octanol–water partition coefficient (Wildman–Crippen LogP) is 4.95. The number of amides is 1. The SMILES string of the molecule is CCOc1ccc(/C(O)=C2/C(=O)C(=O)N(Cc3ccc(F)cc3)C2c2cccc(O)c2)c(OCC)c1. The monoisotopic (exact) mass is 491 g/mol. The summed E-state index contributed by atoms with van der Waals surface area (Å²) in [5.74, 6) is -1.77. The summed E-state index contributed by atoms with van der Waals surface area (Å²) < 4.78 is 24.7. The second-order valence-corrected chi connectivity index (χ2v) is 8.17. The largest absolute Gasteiger partial charge is 0.508 e. The predicted molar refractivity (Wildman–Crippen MR) is 131 cm³/mol. The van der Waals surface area contributed by atoms with Crippen LogP contribution in [0.5, 0.6) is 17.2 Å². The van der Waals surface area contributed by atoms with Gasteiger partial charge in [-0.1, -0.05) is 24.3 Å². The Kier molecular flexibility index (Phi) is 7.24. The molecule has 4 rings (SSSR count). The van der Waals surface area contributed by atoms with Crippen LogP contribution in [0.25, 0.3) is 5.76 Å². The first-order chi connectivity index (χ1) is 17.3. The molecular formula is C28H26FNO6. The van der Waals surface area contributed by atoms with Crippen LogP contribution in [0, 0.1) is 5.82 Å². The van der Waals surface area contributed by atoms with Crippen molar-refractivity contribution in [3.8, 4) is 17.2 Å². The number of nitrogens with zero attached hydrogens (tertiary/aromatic N) is 1. The molecule has 7 nitrogen and oxygen atoms in total. The maximum Gasteiger partial charge on any atom is 0.295 e. The lowest BCUT2D eigenvalue weighted by Gasteiger charge is -2.25. The van der Waals surface area contributed by atoms with Crippen molar-refractivity contribution in [2.24, 2.45) is 0 Å². The number of phenols is 1. The molecule has 1 aliphatic rings. The molecule has 0 aromatic heterocycles. The Morgan fingerprint density at radius 1 is 0.972 bits per heavy atom. The van der Waals surface area contributed by atoms with Crippen molar-refractivity contribution >= 4 is 17.4 Å². The van der Waals surface area contributed by atoms with E-state index in [0.717, 1.165) is 0 Å². The van der Waals surface area contributed by atoms with E-state index in [1.807, 2.05) is 6.92 Å². The summed E-state index contributed by atoms with van der Waals surface area (Å²) in [6.45, 7) is 4.34. The van der Waals surface area contributed by atoms with Crippen LogP contribution in [0.1, 0.15) is 36.6 Å². The zero-order valence-electron chi connectivity index (χ0n) is 19.9. The number of hydrogen-bond acceptors (Lipinski definition) is 6. The fourth-order valence-electron chi connectivity index (χ4n) is 4.25. The molecule has 1 fully saturated rings. The van der Waals surface area contributed by atoms with Crippen LogP contribution in [0.2, 0.25) is 0 Å². The highest BCUT2D eigenvalue weighted by Gasteiger charge is 2.46. The molecule has 8 heteroatoms. The first-order valence-corrected chi connectivity index (χ1v) is 11.6. The standard InChI is InChI=1S/C28H26FNO6/c1-3-35-21-12-13-22(23(15-21)36-4-2)26(32)24-25(18-6-5-7-20(31)14-18)30(28(34)27(24)33)16-17-8-10-19(29)11-9-17/h5-15,25,31-32H,3-4,16H2,1-2H3/b26-24-. The van der Waals surface area contributed by atoms with Crippen molar-refractivity contribution < 1.29 is 33.7 Å². The summed E-state index contributed by atoms with van der Waals surface area (Å²) in [5.41, 5.74) is 1.12. The molecule has 186 valence electrons. The van der Waals surface area contributed by atoms with E-state index in [2.05, 4.69) is 0 Å². The zero-order chi connectivity index (χ0) is 25.8. The first-order valence-electron chi connectivity index (χ1n) is 11.6. The minimum atomic E-state index is -0.997. The van der Waals surface area contributed by atoms with Gasteiger partial charge in [-0.2, -0.15) is 0 Å². The lowest BCUT2D eigenvalue weighted by Crippen LogP contribution is -2.29. The molecule has 1 atom stereocenters. The van der Waals surface area contributed by atoms with Gasteiger partial charge in [-0.3, -0.25) is 9.59 Å². The molecule has 2 N–H and O–H groups in total. The van der Waals surface area contributed by atoms with E-state index in [-0.39, 0.29) is 23.4 Å². The minimum absolute atomic E-state index is 0.0104. The molecule has 0 spiro atoms. The number of ketones is 1. The number of rotatable bonds is 8. The average molecular weight is 492 g/mol. The van der Waals surface area contributed by atoms with Gasteiger partial charge in [0.1, 0.15) is 28.8 Å². The minimum Gasteiger partial charge on any atom is -0.508 e. The molecule has 0 bridgehead atoms. The number of benzene rings is 3. The van der Waals surface area contributed by atoms with Gasteiger partial charge in [0, 0.05) is 12.6 Å². The van der Waals surface area contributed by atoms with Crippen molar-refractivity contribution in [3.63, 3.8) is 0 Å². The number of aromatic hydroxyl groups is 1. The fourth-order valence-corrected chi connectivity index (χ4v) is 4.25. The van der Waals surface area contributed by atoms with E-state index in [4.69, 9.17) is 9.47 Å². The third-order valence-corrected chi connectivity index (χ3v) is 5.81. The van der Waals surface area contributed by atoms with Gasteiger partial charge in [0.25, 0.3) is 11.7 Å². The van der Waals surface area contributed by atoms with Crippen molar-refractivity contribution in [2.75, 3.05) is 13.2 Å². The topological polar surface area (TPSA) is 96.3 Å². The van der Waals surface area contributed by atoms with Crippen molar-refractivity contribution in [1.82, 2.24) is 4.90 Å². The van der Waals surface area contributed by atoms with Gasteiger partial charge >= 0.3 is 0 Å². The molecule has 3 aromatic carbocycles. The number of carbonyl (C=O) groups is 2. The third kappa shape index (κ3) is 4.88. The number of likely N-dealkylation sites (tertiary alicyclic amines) is 1. The Bertz CT molecular complexity index is 1320. The van der Waals surface area contributed by atoms with Crippen molar-refractivity contribution in [3.05, 3.63) is 94.8 Å². The molecule has 0 aliphatic carbocycles. The maximum absolute atomic E-state index is 13.4. The number of phenolic OH excluding ortho intramolecular Hbond substituents is 1. The second kappa shape index (κ2) is 10.5. The Labute approximate surface area is 208 Å². The summed E-state index contributed by atoms with van der Waals surface area (Å²) >= 11 is 0. The summed E-state index contributed by atoms with van der Waals surface area (Å²) in [6.07, 6.45) is 0. The third-order valence-electron chi connectivity index (χ3n) is 5.81. The van der Waals surface area contributed by atoms with Gasteiger partial charge in [-0.05, 0) is 61.4 Å². The number of carbonyl (C=O) groups excluding carboxylic acids is 2. The van der Waals surface area contributed by atoms with E-state index >= 15 is 0 Å². The summed E-state index contributed by atoms with van der Waals surface area (Å²) in [7, 11) is 0. The highest BCUT2D eigenvalue weighted by atomic mass is 19.1. The van der Waals surface area contributed by atoms with Crippen LogP contribution < -0.4 is 9.47 Å². The number of halogens is 1. The van der Waals surface area contributed by atoms with E-state index in [1.54, 1.807) is 37.3 Å². The molecule has 1 saturated heterocycles. The smallest absolute Gasteiger partial charge is 0.295 e. The molecule has 1 unspecified atom stereocenters. The van der Waals surface area contributed by atoms with Crippen LogP contribution in [0.3, 0.4) is 0 Å². The Morgan fingerprint density at radius 2 is 1.69 bits per heavy atom. The average Bonchev–Trinajstić information content (AvgIpc) is 3.10. The van der Waals surface area contributed by atoms with Crippen LogP contribution in [0.4, 0.5) is 4.39 Å². The normalized spacial score (nSPS) is 16.9. The number of aliphatic hydroxyl groups excluding tert-OH is 1. The highest BCUT2D eigenvalue weighted by molar-refractivity contribution is 6.46. The van der Waals surface area contributed by atoms with Crippen molar-refractivity contribution in [1.29, 1.82) is 0 Å². The van der Waals surface area contributed by atoms with Crippen molar-refractivity contribution in [2.45, 2.75) is 26.4 Å². The molecular weight excluding hydrogens is 465 g/mol. The Morgan fingerprint density at radius 3 is 2.36 bits per heavy atom. The van der Waals surface area contributed by atoms with Gasteiger partial charge in [-0.25, -0.2) is 4.39 Å². The Hall–Kier alpha value is -4.33. The van der Waals surface area contributed by atoms with E-state index in [0.29, 0.717) is 35.8 Å². The molecule has 3 aromatic rings. The maximum atomic E-state index is 13.4. The number of ether oxygens (including phenoxy) is 2. The molecule has 36 heavy (non-hydrogen) atoms. The number of Topliss-reactive ketones (excluding diaryl/α,β-unsaturated/α-hetero) is 1. The molecule has 1 heterocycles. The molecule has 1 amide bonds. The second-order valence-electron chi connectivity index (χ2n) is 8.17. The Balaban J connectivity index is 1.87. The van der Waals surface area contributed by atoms with Crippen LogP contribution in [0.15, 0.2) is 72.3 Å². The van der Waals surface area contributed by atoms with E-state index in [9.17, 15) is 24.2 Å². The van der Waals surface area contributed by atoms with Gasteiger partial charge in [0.05, 0.1) is 30.4 Å².